The molecule has 0 radical (unpaired) electrons. The van der Waals surface area contributed by atoms with Gasteiger partial charge in [0.05, 0.1) is 14.7 Å². The summed E-state index contributed by atoms with van der Waals surface area (Å²) in [4.78, 5) is 26.0. The summed E-state index contributed by atoms with van der Waals surface area (Å²) in [6, 6.07) is 27.1. The van der Waals surface area contributed by atoms with E-state index in [1.54, 1.807) is 36.0 Å². The zero-order valence-electron chi connectivity index (χ0n) is 22.7. The lowest BCUT2D eigenvalue weighted by Gasteiger charge is -2.23. The van der Waals surface area contributed by atoms with E-state index in [9.17, 15) is 31.7 Å². The number of hydrogen-bond donors (Lipinski definition) is 2. The first-order chi connectivity index (χ1) is 20.4. The number of carbonyl (C=O) groups is 1. The van der Waals surface area contributed by atoms with E-state index in [0.29, 0.717) is 19.6 Å². The maximum atomic E-state index is 12.9. The third-order valence-corrected chi connectivity index (χ3v) is 9.53. The highest BCUT2D eigenvalue weighted by molar-refractivity contribution is 7.99. The van der Waals surface area contributed by atoms with Crippen molar-refractivity contribution in [1.82, 2.24) is 9.62 Å². The van der Waals surface area contributed by atoms with Crippen LogP contribution in [-0.2, 0) is 33.1 Å². The van der Waals surface area contributed by atoms with Gasteiger partial charge in [0.25, 0.3) is 21.6 Å². The predicted octanol–water partition coefficient (Wildman–Crippen LogP) is 4.16. The van der Waals surface area contributed by atoms with Crippen molar-refractivity contribution in [3.8, 4) is 0 Å². The van der Waals surface area contributed by atoms with Crippen LogP contribution in [0.5, 0.6) is 0 Å². The maximum absolute atomic E-state index is 12.9. The normalized spacial score (nSPS) is 11.8. The third kappa shape index (κ3) is 9.20. The summed E-state index contributed by atoms with van der Waals surface area (Å²) in [7, 11) is -8.05. The lowest BCUT2D eigenvalue weighted by molar-refractivity contribution is -0.384. The number of nitrogens with zero attached hydrogens (tertiary/aromatic N) is 2. The van der Waals surface area contributed by atoms with E-state index in [0.717, 1.165) is 27.8 Å². The molecule has 0 aliphatic carbocycles. The van der Waals surface area contributed by atoms with Gasteiger partial charge in [-0.1, -0.05) is 48.5 Å². The van der Waals surface area contributed by atoms with Crippen LogP contribution in [0.2, 0.25) is 0 Å². The fraction of sp³-hybridized carbons (Fsp3) is 0.138. The average molecular weight is 641 g/mol. The summed E-state index contributed by atoms with van der Waals surface area (Å²) < 4.78 is 50.9. The molecule has 0 aliphatic heterocycles. The van der Waals surface area contributed by atoms with Gasteiger partial charge in [0.1, 0.15) is 0 Å². The Balaban J connectivity index is 1.46. The number of sulfonamides is 2. The van der Waals surface area contributed by atoms with Crippen LogP contribution >= 0.6 is 11.8 Å². The highest BCUT2D eigenvalue weighted by Gasteiger charge is 2.20. The minimum atomic E-state index is -4.24. The number of nitrogens with two attached hydrogens (primary N) is 1. The number of carbonyl (C=O) groups excluding carboxylic acids is 1. The molecule has 4 aromatic carbocycles. The van der Waals surface area contributed by atoms with E-state index in [-0.39, 0.29) is 21.0 Å². The molecule has 0 atom stereocenters. The fourth-order valence-electron chi connectivity index (χ4n) is 4.10. The van der Waals surface area contributed by atoms with Gasteiger partial charge in [0.15, 0.2) is 0 Å². The van der Waals surface area contributed by atoms with Crippen molar-refractivity contribution in [3.63, 3.8) is 0 Å². The van der Waals surface area contributed by atoms with E-state index in [2.05, 4.69) is 4.90 Å². The molecule has 14 heteroatoms. The molecule has 3 N–H and O–H groups in total. The van der Waals surface area contributed by atoms with Crippen molar-refractivity contribution >= 4 is 43.4 Å². The van der Waals surface area contributed by atoms with E-state index in [1.165, 1.54) is 42.5 Å². The molecule has 0 bridgehead atoms. The van der Waals surface area contributed by atoms with E-state index in [1.807, 2.05) is 35.1 Å². The zero-order chi connectivity index (χ0) is 31.0. The lowest BCUT2D eigenvalue weighted by atomic mass is 10.1. The molecule has 1 amide bonds. The van der Waals surface area contributed by atoms with Crippen molar-refractivity contribution in [2.45, 2.75) is 27.8 Å². The molecule has 0 unspecified atom stereocenters. The Bertz CT molecular complexity index is 1800. The van der Waals surface area contributed by atoms with Crippen LogP contribution in [0.3, 0.4) is 0 Å². The van der Waals surface area contributed by atoms with Gasteiger partial charge in [-0.15, -0.1) is 11.8 Å². The molecular formula is C29H28N4O7S3. The average Bonchev–Trinajstić information content (AvgIpc) is 2.97. The second-order valence-corrected chi connectivity index (χ2v) is 13.9. The molecule has 224 valence electrons. The van der Waals surface area contributed by atoms with Gasteiger partial charge in [-0.05, 0) is 53.6 Å². The van der Waals surface area contributed by atoms with Gasteiger partial charge in [0, 0.05) is 48.0 Å². The lowest BCUT2D eigenvalue weighted by Crippen LogP contribution is -2.30. The zero-order valence-corrected chi connectivity index (χ0v) is 25.1. The van der Waals surface area contributed by atoms with Crippen LogP contribution in [-0.4, -0.2) is 44.9 Å². The summed E-state index contributed by atoms with van der Waals surface area (Å²) >= 11 is 1.69. The summed E-state index contributed by atoms with van der Waals surface area (Å²) in [5.41, 5.74) is 1.20. The number of nitrogens with one attached hydrogen (secondary N) is 1. The number of hydrogen-bond acceptors (Lipinski definition) is 9. The molecule has 0 aliphatic rings. The smallest absolute Gasteiger partial charge is 0.270 e. The van der Waals surface area contributed by atoms with E-state index < -0.39 is 30.9 Å². The van der Waals surface area contributed by atoms with Gasteiger partial charge in [0.2, 0.25) is 10.0 Å². The molecule has 0 saturated heterocycles. The molecular weight excluding hydrogens is 613 g/mol. The first kappa shape index (κ1) is 31.8. The molecule has 0 heterocycles. The first-order valence-corrected chi connectivity index (χ1v) is 16.8. The molecule has 4 rings (SSSR count). The Kier molecular flexibility index (Phi) is 10.3. The van der Waals surface area contributed by atoms with Crippen LogP contribution in [0.25, 0.3) is 0 Å². The largest absolute Gasteiger partial charge is 0.294 e. The summed E-state index contributed by atoms with van der Waals surface area (Å²) in [5, 5.41) is 16.2. The molecule has 0 fully saturated rings. The van der Waals surface area contributed by atoms with Gasteiger partial charge in [-0.2, -0.15) is 0 Å². The maximum Gasteiger partial charge on any atom is 0.270 e. The van der Waals surface area contributed by atoms with Crippen molar-refractivity contribution in [1.29, 1.82) is 0 Å². The topological polar surface area (TPSA) is 170 Å². The standard InChI is InChI=1S/C29H28N4O7S3/c30-42(37,38)27-13-9-22(10-14-27)20-32(17-18-41-26-7-2-1-3-8-26)21-23-11-15-28(16-12-23)43(39,40)31-29(34)24-5-4-6-25(19-24)33(35)36/h1-16,19H,17-18,20-21H2,(H,31,34)(H2,30,37,38). The van der Waals surface area contributed by atoms with Crippen molar-refractivity contribution in [3.05, 3.63) is 130 Å². The van der Waals surface area contributed by atoms with Gasteiger partial charge in [-0.25, -0.2) is 26.7 Å². The monoisotopic (exact) mass is 640 g/mol. The van der Waals surface area contributed by atoms with Crippen molar-refractivity contribution in [2.75, 3.05) is 12.3 Å². The van der Waals surface area contributed by atoms with Gasteiger partial charge >= 0.3 is 0 Å². The highest BCUT2D eigenvalue weighted by atomic mass is 32.2. The second kappa shape index (κ2) is 13.9. The van der Waals surface area contributed by atoms with E-state index >= 15 is 0 Å². The molecule has 0 saturated carbocycles. The molecule has 4 aromatic rings. The van der Waals surface area contributed by atoms with Gasteiger partial charge in [-0.3, -0.25) is 19.8 Å². The summed E-state index contributed by atoms with van der Waals surface area (Å²) in [6.07, 6.45) is 0. The number of rotatable bonds is 13. The Labute approximate surface area is 254 Å². The van der Waals surface area contributed by atoms with Crippen LogP contribution < -0.4 is 9.86 Å². The summed E-state index contributed by atoms with van der Waals surface area (Å²) in [5.74, 6) is -0.210. The van der Waals surface area contributed by atoms with Crippen molar-refractivity contribution < 1.29 is 26.6 Å². The number of nitro groups is 1. The number of thioether (sulfide) groups is 1. The molecule has 0 spiro atoms. The Morgan fingerprint density at radius 1 is 0.814 bits per heavy atom. The number of nitro benzene ring substituents is 1. The quantitative estimate of drug-likeness (QED) is 0.124. The minimum Gasteiger partial charge on any atom is -0.294 e. The third-order valence-electron chi connectivity index (χ3n) is 6.26. The Hall–Kier alpha value is -4.08. The summed E-state index contributed by atoms with van der Waals surface area (Å²) in [6.45, 7) is 1.64. The number of amides is 1. The number of benzene rings is 4. The van der Waals surface area contributed by atoms with Crippen LogP contribution in [0.1, 0.15) is 21.5 Å². The molecule has 0 aromatic heterocycles. The van der Waals surface area contributed by atoms with E-state index in [4.69, 9.17) is 5.14 Å². The van der Waals surface area contributed by atoms with Gasteiger partial charge < -0.3 is 0 Å². The number of primary sulfonamides is 1. The minimum absolute atomic E-state index is 0.0248. The van der Waals surface area contributed by atoms with Crippen LogP contribution in [0.4, 0.5) is 5.69 Å². The molecule has 11 nitrogen and oxygen atoms in total. The predicted molar refractivity (Wildman–Crippen MR) is 163 cm³/mol. The SMILES string of the molecule is NS(=O)(=O)c1ccc(CN(CCSc2ccccc2)Cc2ccc(S(=O)(=O)NC(=O)c3cccc([N+](=O)[O-])c3)cc2)cc1. The Morgan fingerprint density at radius 2 is 1.40 bits per heavy atom. The Morgan fingerprint density at radius 3 is 1.95 bits per heavy atom. The second-order valence-electron chi connectivity index (χ2n) is 9.45. The van der Waals surface area contributed by atoms with Crippen molar-refractivity contribution in [2.24, 2.45) is 5.14 Å². The first-order valence-electron chi connectivity index (χ1n) is 12.8. The van der Waals surface area contributed by atoms with Crippen LogP contribution in [0, 0.1) is 10.1 Å². The molecule has 43 heavy (non-hydrogen) atoms. The number of non-ortho nitro benzene ring substituents is 1. The fourth-order valence-corrected chi connectivity index (χ4v) is 6.52. The highest BCUT2D eigenvalue weighted by Crippen LogP contribution is 2.20. The van der Waals surface area contributed by atoms with Crippen LogP contribution in [0.15, 0.2) is 118 Å².